The number of nitrogens with one attached hydrogen (secondary N) is 1. The molecule has 2 aromatic carbocycles. The Morgan fingerprint density at radius 1 is 1.05 bits per heavy atom. The first-order valence-corrected chi connectivity index (χ1v) is 6.21. The maximum absolute atomic E-state index is 5.38. The molecule has 1 aliphatic heterocycles. The lowest BCUT2D eigenvalue weighted by Crippen LogP contribution is -1.93. The molecule has 0 saturated heterocycles. The summed E-state index contributed by atoms with van der Waals surface area (Å²) in [5.41, 5.74) is 3.22. The van der Waals surface area contributed by atoms with Crippen LogP contribution in [0.15, 0.2) is 42.5 Å². The van der Waals surface area contributed by atoms with Crippen LogP contribution in [0.4, 0.5) is 0 Å². The van der Waals surface area contributed by atoms with Crippen molar-refractivity contribution < 1.29 is 9.47 Å². The Labute approximate surface area is 110 Å². The number of hydrogen-bond acceptors (Lipinski definition) is 3. The van der Waals surface area contributed by atoms with Gasteiger partial charge in [0.1, 0.15) is 5.82 Å². The Balaban J connectivity index is 1.67. The summed E-state index contributed by atoms with van der Waals surface area (Å²) in [6.45, 7) is 0.309. The fourth-order valence-corrected chi connectivity index (χ4v) is 2.33. The van der Waals surface area contributed by atoms with Crippen molar-refractivity contribution in [3.8, 4) is 11.5 Å². The number of imidazole rings is 1. The van der Waals surface area contributed by atoms with E-state index in [1.165, 1.54) is 0 Å². The number of fused-ring (bicyclic) bond motifs is 2. The molecule has 1 N–H and O–H groups in total. The first-order chi connectivity index (χ1) is 9.38. The van der Waals surface area contributed by atoms with E-state index in [0.717, 1.165) is 40.3 Å². The molecule has 0 aliphatic carbocycles. The lowest BCUT2D eigenvalue weighted by molar-refractivity contribution is 0.174. The topological polar surface area (TPSA) is 47.1 Å². The van der Waals surface area contributed by atoms with E-state index in [9.17, 15) is 0 Å². The Morgan fingerprint density at radius 3 is 2.89 bits per heavy atom. The SMILES string of the molecule is c1ccc2[nH]c(Cc3ccc4c(c3)OCO4)nc2c1. The van der Waals surface area contributed by atoms with E-state index in [2.05, 4.69) is 9.97 Å². The molecule has 1 aliphatic rings. The Kier molecular flexibility index (Phi) is 2.21. The second kappa shape index (κ2) is 4.02. The van der Waals surface area contributed by atoms with Crippen molar-refractivity contribution >= 4 is 11.0 Å². The highest BCUT2D eigenvalue weighted by Gasteiger charge is 2.13. The van der Waals surface area contributed by atoms with Crippen molar-refractivity contribution in [3.63, 3.8) is 0 Å². The van der Waals surface area contributed by atoms with Gasteiger partial charge in [-0.25, -0.2) is 4.98 Å². The van der Waals surface area contributed by atoms with E-state index in [4.69, 9.17) is 9.47 Å². The van der Waals surface area contributed by atoms with Crippen molar-refractivity contribution in [2.75, 3.05) is 6.79 Å². The Hall–Kier alpha value is -2.49. The first kappa shape index (κ1) is 10.4. The molecule has 4 heteroatoms. The molecule has 2 heterocycles. The maximum Gasteiger partial charge on any atom is 0.231 e. The summed E-state index contributed by atoms with van der Waals surface area (Å²) in [7, 11) is 0. The summed E-state index contributed by atoms with van der Waals surface area (Å²) in [5.74, 6) is 2.59. The van der Waals surface area contributed by atoms with Gasteiger partial charge >= 0.3 is 0 Å². The van der Waals surface area contributed by atoms with E-state index in [1.54, 1.807) is 0 Å². The molecule has 0 saturated carbocycles. The van der Waals surface area contributed by atoms with Crippen LogP contribution in [0.3, 0.4) is 0 Å². The summed E-state index contributed by atoms with van der Waals surface area (Å²) in [6, 6.07) is 14.0. The molecule has 0 amide bonds. The molecule has 4 rings (SSSR count). The highest BCUT2D eigenvalue weighted by atomic mass is 16.7. The lowest BCUT2D eigenvalue weighted by atomic mass is 10.1. The molecule has 94 valence electrons. The minimum atomic E-state index is 0.309. The van der Waals surface area contributed by atoms with E-state index in [1.807, 2.05) is 42.5 Å². The number of aromatic nitrogens is 2. The van der Waals surface area contributed by atoms with Crippen LogP contribution in [-0.2, 0) is 6.42 Å². The fraction of sp³-hybridized carbons (Fsp3) is 0.133. The van der Waals surface area contributed by atoms with Gasteiger partial charge in [0.25, 0.3) is 0 Å². The second-order valence-corrected chi connectivity index (χ2v) is 4.57. The highest BCUT2D eigenvalue weighted by molar-refractivity contribution is 5.74. The van der Waals surface area contributed by atoms with Gasteiger partial charge in [0.2, 0.25) is 6.79 Å². The Bertz CT molecular complexity index is 716. The average Bonchev–Trinajstić information content (AvgIpc) is 3.03. The van der Waals surface area contributed by atoms with Gasteiger partial charge in [0.05, 0.1) is 11.0 Å². The number of benzene rings is 2. The molecular weight excluding hydrogens is 240 g/mol. The van der Waals surface area contributed by atoms with Gasteiger partial charge in [-0.1, -0.05) is 18.2 Å². The van der Waals surface area contributed by atoms with Crippen LogP contribution in [0.5, 0.6) is 11.5 Å². The number of H-pyrrole nitrogens is 1. The van der Waals surface area contributed by atoms with Crippen molar-refractivity contribution in [1.29, 1.82) is 0 Å². The standard InChI is InChI=1S/C15H12N2O2/c1-2-4-12-11(3-1)16-15(17-12)8-10-5-6-13-14(7-10)19-9-18-13/h1-7H,8-9H2,(H,16,17). The van der Waals surface area contributed by atoms with Crippen molar-refractivity contribution in [1.82, 2.24) is 9.97 Å². The zero-order valence-corrected chi connectivity index (χ0v) is 10.2. The molecule has 0 bridgehead atoms. The molecule has 1 aromatic heterocycles. The van der Waals surface area contributed by atoms with Gasteiger partial charge in [-0.15, -0.1) is 0 Å². The lowest BCUT2D eigenvalue weighted by Gasteiger charge is -2.00. The molecule has 0 atom stereocenters. The quantitative estimate of drug-likeness (QED) is 0.762. The van der Waals surface area contributed by atoms with Crippen LogP contribution in [-0.4, -0.2) is 16.8 Å². The summed E-state index contributed by atoms with van der Waals surface area (Å²) in [4.78, 5) is 7.90. The van der Waals surface area contributed by atoms with Gasteiger partial charge < -0.3 is 14.5 Å². The van der Waals surface area contributed by atoms with E-state index in [0.29, 0.717) is 6.79 Å². The molecule has 0 radical (unpaired) electrons. The maximum atomic E-state index is 5.38. The van der Waals surface area contributed by atoms with Gasteiger partial charge in [-0.3, -0.25) is 0 Å². The molecular formula is C15H12N2O2. The smallest absolute Gasteiger partial charge is 0.231 e. The van der Waals surface area contributed by atoms with E-state index in [-0.39, 0.29) is 0 Å². The largest absolute Gasteiger partial charge is 0.454 e. The molecule has 4 nitrogen and oxygen atoms in total. The number of nitrogens with zero attached hydrogens (tertiary/aromatic N) is 1. The first-order valence-electron chi connectivity index (χ1n) is 6.21. The third-order valence-corrected chi connectivity index (χ3v) is 3.25. The van der Waals surface area contributed by atoms with Crippen molar-refractivity contribution in [3.05, 3.63) is 53.9 Å². The number of para-hydroxylation sites is 2. The molecule has 19 heavy (non-hydrogen) atoms. The third kappa shape index (κ3) is 1.81. The Morgan fingerprint density at radius 2 is 1.95 bits per heavy atom. The zero-order valence-electron chi connectivity index (χ0n) is 10.2. The predicted octanol–water partition coefficient (Wildman–Crippen LogP) is 2.88. The van der Waals surface area contributed by atoms with Gasteiger partial charge in [-0.2, -0.15) is 0 Å². The number of aromatic amines is 1. The van der Waals surface area contributed by atoms with Crippen molar-refractivity contribution in [2.45, 2.75) is 6.42 Å². The summed E-state index contributed by atoms with van der Waals surface area (Å²) in [5, 5.41) is 0. The van der Waals surface area contributed by atoms with Gasteiger partial charge in [0.15, 0.2) is 11.5 Å². The summed E-state index contributed by atoms with van der Waals surface area (Å²) < 4.78 is 10.7. The fourth-order valence-electron chi connectivity index (χ4n) is 2.33. The molecule has 0 fully saturated rings. The third-order valence-electron chi connectivity index (χ3n) is 3.25. The summed E-state index contributed by atoms with van der Waals surface area (Å²) >= 11 is 0. The normalized spacial score (nSPS) is 13.1. The molecule has 0 unspecified atom stereocenters. The molecule has 3 aromatic rings. The molecule has 0 spiro atoms. The predicted molar refractivity (Wildman–Crippen MR) is 71.5 cm³/mol. The van der Waals surface area contributed by atoms with Crippen LogP contribution in [0.2, 0.25) is 0 Å². The second-order valence-electron chi connectivity index (χ2n) is 4.57. The highest BCUT2D eigenvalue weighted by Crippen LogP contribution is 2.33. The van der Waals surface area contributed by atoms with Crippen LogP contribution < -0.4 is 9.47 Å². The zero-order chi connectivity index (χ0) is 12.7. The minimum absolute atomic E-state index is 0.309. The summed E-state index contributed by atoms with van der Waals surface area (Å²) in [6.07, 6.45) is 0.755. The van der Waals surface area contributed by atoms with E-state index >= 15 is 0 Å². The van der Waals surface area contributed by atoms with Crippen molar-refractivity contribution in [2.24, 2.45) is 0 Å². The number of ether oxygens (including phenoxy) is 2. The average molecular weight is 252 g/mol. The number of rotatable bonds is 2. The minimum Gasteiger partial charge on any atom is -0.454 e. The van der Waals surface area contributed by atoms with E-state index < -0.39 is 0 Å². The van der Waals surface area contributed by atoms with Crippen LogP contribution in [0, 0.1) is 0 Å². The van der Waals surface area contributed by atoms with Crippen LogP contribution in [0.25, 0.3) is 11.0 Å². The van der Waals surface area contributed by atoms with Crippen LogP contribution in [0.1, 0.15) is 11.4 Å². The van der Waals surface area contributed by atoms with Gasteiger partial charge in [-0.05, 0) is 29.8 Å². The monoisotopic (exact) mass is 252 g/mol. The van der Waals surface area contributed by atoms with Crippen LogP contribution >= 0.6 is 0 Å². The van der Waals surface area contributed by atoms with Gasteiger partial charge in [0, 0.05) is 6.42 Å². The number of hydrogen-bond donors (Lipinski definition) is 1.